The van der Waals surface area contributed by atoms with Crippen LogP contribution in [0.25, 0.3) is 16.8 Å². The molecule has 7 heteroatoms. The molecule has 1 aliphatic heterocycles. The van der Waals surface area contributed by atoms with Crippen LogP contribution in [0.1, 0.15) is 16.7 Å². The normalized spacial score (nSPS) is 14.9. The number of carbonyl (C=O) groups excluding carboxylic acids is 3. The Morgan fingerprint density at radius 2 is 1.61 bits per heavy atom. The van der Waals surface area contributed by atoms with Crippen molar-refractivity contribution in [2.24, 2.45) is 0 Å². The minimum atomic E-state index is -0.819. The number of hydrogen-bond acceptors (Lipinski definition) is 4. The summed E-state index contributed by atoms with van der Waals surface area (Å²) in [5.74, 6) is -0.992. The lowest BCUT2D eigenvalue weighted by atomic mass is 10.0. The Morgan fingerprint density at radius 3 is 2.42 bits per heavy atom. The molecule has 0 atom stereocenters. The van der Waals surface area contributed by atoms with Crippen LogP contribution in [0.2, 0.25) is 5.02 Å². The maximum absolute atomic E-state index is 13.2. The van der Waals surface area contributed by atoms with Crippen LogP contribution < -0.4 is 15.0 Å². The molecule has 0 aliphatic carbocycles. The van der Waals surface area contributed by atoms with Gasteiger partial charge in [0.25, 0.3) is 11.8 Å². The summed E-state index contributed by atoms with van der Waals surface area (Å²) in [6.45, 7) is 2.34. The van der Waals surface area contributed by atoms with Gasteiger partial charge in [-0.15, -0.1) is 0 Å². The SMILES string of the molecule is Cc1ccc2ccccc2c1COc1ccccc1/C=C1\C(=O)NC(=O)N(c2ccc(Cl)cc2)C1=O. The lowest BCUT2D eigenvalue weighted by Crippen LogP contribution is -2.54. The van der Waals surface area contributed by atoms with Gasteiger partial charge in [-0.2, -0.15) is 0 Å². The van der Waals surface area contributed by atoms with E-state index in [0.29, 0.717) is 28.6 Å². The molecule has 0 aromatic heterocycles. The van der Waals surface area contributed by atoms with Gasteiger partial charge in [-0.1, -0.05) is 66.2 Å². The Labute approximate surface area is 212 Å². The lowest BCUT2D eigenvalue weighted by Gasteiger charge is -2.26. The van der Waals surface area contributed by atoms with Gasteiger partial charge < -0.3 is 4.74 Å². The zero-order valence-electron chi connectivity index (χ0n) is 19.3. The van der Waals surface area contributed by atoms with Gasteiger partial charge in [-0.25, -0.2) is 9.69 Å². The molecule has 0 radical (unpaired) electrons. The topological polar surface area (TPSA) is 75.7 Å². The molecule has 1 heterocycles. The van der Waals surface area contributed by atoms with Crippen LogP contribution in [-0.2, 0) is 16.2 Å². The number of hydrogen-bond donors (Lipinski definition) is 1. The molecular weight excluding hydrogens is 476 g/mol. The minimum Gasteiger partial charge on any atom is -0.488 e. The zero-order valence-corrected chi connectivity index (χ0v) is 20.1. The maximum Gasteiger partial charge on any atom is 0.335 e. The second kappa shape index (κ2) is 9.68. The monoisotopic (exact) mass is 496 g/mol. The molecule has 1 fully saturated rings. The van der Waals surface area contributed by atoms with E-state index < -0.39 is 17.8 Å². The molecule has 0 spiro atoms. The third kappa shape index (κ3) is 4.46. The second-order valence-corrected chi connectivity index (χ2v) is 8.78. The second-order valence-electron chi connectivity index (χ2n) is 8.34. The third-order valence-corrected chi connectivity index (χ3v) is 6.30. The van der Waals surface area contributed by atoms with Crippen LogP contribution in [0.3, 0.4) is 0 Å². The quantitative estimate of drug-likeness (QED) is 0.270. The van der Waals surface area contributed by atoms with Crippen molar-refractivity contribution in [1.82, 2.24) is 5.32 Å². The first-order valence-corrected chi connectivity index (χ1v) is 11.7. The maximum atomic E-state index is 13.2. The highest BCUT2D eigenvalue weighted by molar-refractivity contribution is 6.39. The average molecular weight is 497 g/mol. The number of urea groups is 1. The van der Waals surface area contributed by atoms with E-state index in [1.54, 1.807) is 30.3 Å². The highest BCUT2D eigenvalue weighted by atomic mass is 35.5. The fraction of sp³-hybridized carbons (Fsp3) is 0.0690. The predicted octanol–water partition coefficient (Wildman–Crippen LogP) is 6.05. The minimum absolute atomic E-state index is 0.179. The van der Waals surface area contributed by atoms with Crippen molar-refractivity contribution in [3.05, 3.63) is 112 Å². The highest BCUT2D eigenvalue weighted by Crippen LogP contribution is 2.28. The van der Waals surface area contributed by atoms with Gasteiger partial charge in [-0.05, 0) is 59.7 Å². The number of aryl methyl sites for hydroxylation is 1. The van der Waals surface area contributed by atoms with Gasteiger partial charge in [0.1, 0.15) is 17.9 Å². The number of halogens is 1. The van der Waals surface area contributed by atoms with Gasteiger partial charge in [0.05, 0.1) is 5.69 Å². The molecule has 178 valence electrons. The number of benzene rings is 4. The molecule has 4 aromatic carbocycles. The summed E-state index contributed by atoms with van der Waals surface area (Å²) >= 11 is 5.93. The summed E-state index contributed by atoms with van der Waals surface area (Å²) in [5.41, 5.74) is 2.82. The number of nitrogens with one attached hydrogen (secondary N) is 1. The first kappa shape index (κ1) is 23.3. The first-order valence-electron chi connectivity index (χ1n) is 11.3. The van der Waals surface area contributed by atoms with Crippen molar-refractivity contribution in [3.8, 4) is 5.75 Å². The average Bonchev–Trinajstić information content (AvgIpc) is 2.87. The van der Waals surface area contributed by atoms with Crippen LogP contribution in [0, 0.1) is 6.92 Å². The molecule has 0 unspecified atom stereocenters. The van der Waals surface area contributed by atoms with Gasteiger partial charge in [-0.3, -0.25) is 14.9 Å². The highest BCUT2D eigenvalue weighted by Gasteiger charge is 2.37. The first-order chi connectivity index (χ1) is 17.4. The van der Waals surface area contributed by atoms with Crippen LogP contribution in [0.4, 0.5) is 10.5 Å². The number of ether oxygens (including phenoxy) is 1. The standard InChI is InChI=1S/C29H21ClN2O4/c1-18-10-11-19-6-2-4-8-23(19)25(18)17-36-26-9-5-3-7-20(26)16-24-27(33)31-29(35)32(28(24)34)22-14-12-21(30)13-15-22/h2-16H,17H2,1H3,(H,31,33,35)/b24-16+. The summed E-state index contributed by atoms with van der Waals surface area (Å²) in [7, 11) is 0. The Balaban J connectivity index is 1.47. The molecule has 36 heavy (non-hydrogen) atoms. The number of rotatable bonds is 5. The number of anilines is 1. The molecule has 1 N–H and O–H groups in total. The van der Waals surface area contributed by atoms with E-state index in [1.807, 2.05) is 25.1 Å². The van der Waals surface area contributed by atoms with Crippen molar-refractivity contribution < 1.29 is 19.1 Å². The summed E-state index contributed by atoms with van der Waals surface area (Å²) in [6, 6.07) is 24.8. The number of fused-ring (bicyclic) bond motifs is 1. The summed E-state index contributed by atoms with van der Waals surface area (Å²) < 4.78 is 6.19. The van der Waals surface area contributed by atoms with E-state index in [2.05, 4.69) is 29.6 Å². The zero-order chi connectivity index (χ0) is 25.2. The van der Waals surface area contributed by atoms with Crippen LogP contribution in [-0.4, -0.2) is 17.8 Å². The number of barbiturate groups is 1. The molecule has 6 nitrogen and oxygen atoms in total. The Kier molecular flexibility index (Phi) is 6.27. The molecule has 1 aliphatic rings. The summed E-state index contributed by atoms with van der Waals surface area (Å²) in [5, 5.41) is 4.92. The van der Waals surface area contributed by atoms with Crippen molar-refractivity contribution in [2.75, 3.05) is 4.90 Å². The third-order valence-electron chi connectivity index (χ3n) is 6.05. The van der Waals surface area contributed by atoms with Crippen molar-refractivity contribution >= 4 is 52.0 Å². The van der Waals surface area contributed by atoms with Crippen molar-refractivity contribution in [2.45, 2.75) is 13.5 Å². The lowest BCUT2D eigenvalue weighted by molar-refractivity contribution is -0.122. The molecular formula is C29H21ClN2O4. The van der Waals surface area contributed by atoms with Crippen LogP contribution in [0.5, 0.6) is 5.75 Å². The molecule has 0 saturated carbocycles. The van der Waals surface area contributed by atoms with E-state index in [9.17, 15) is 14.4 Å². The number of carbonyl (C=O) groups is 3. The number of amides is 4. The van der Waals surface area contributed by atoms with Gasteiger partial charge >= 0.3 is 6.03 Å². The van der Waals surface area contributed by atoms with Gasteiger partial charge in [0, 0.05) is 16.1 Å². The van der Waals surface area contributed by atoms with Crippen molar-refractivity contribution in [1.29, 1.82) is 0 Å². The summed E-state index contributed by atoms with van der Waals surface area (Å²) in [6.07, 6.45) is 1.44. The fourth-order valence-corrected chi connectivity index (χ4v) is 4.28. The smallest absolute Gasteiger partial charge is 0.335 e. The van der Waals surface area contributed by atoms with Crippen LogP contribution >= 0.6 is 11.6 Å². The van der Waals surface area contributed by atoms with E-state index >= 15 is 0 Å². The molecule has 5 rings (SSSR count). The Bertz CT molecular complexity index is 1540. The van der Waals surface area contributed by atoms with E-state index in [1.165, 1.54) is 18.2 Å². The molecule has 4 aromatic rings. The van der Waals surface area contributed by atoms with Crippen molar-refractivity contribution in [3.63, 3.8) is 0 Å². The largest absolute Gasteiger partial charge is 0.488 e. The molecule has 4 amide bonds. The fourth-order valence-electron chi connectivity index (χ4n) is 4.16. The summed E-state index contributed by atoms with van der Waals surface area (Å²) in [4.78, 5) is 39.2. The van der Waals surface area contributed by atoms with Gasteiger partial charge in [0.2, 0.25) is 0 Å². The number of nitrogens with zero attached hydrogens (tertiary/aromatic N) is 1. The van der Waals surface area contributed by atoms with E-state index in [-0.39, 0.29) is 5.57 Å². The molecule has 1 saturated heterocycles. The van der Waals surface area contributed by atoms with Crippen LogP contribution in [0.15, 0.2) is 90.5 Å². The molecule has 0 bridgehead atoms. The van der Waals surface area contributed by atoms with E-state index in [4.69, 9.17) is 16.3 Å². The number of imide groups is 2. The van der Waals surface area contributed by atoms with Gasteiger partial charge in [0.15, 0.2) is 0 Å². The number of para-hydroxylation sites is 1. The van der Waals surface area contributed by atoms with E-state index in [0.717, 1.165) is 26.8 Å². The predicted molar refractivity (Wildman–Crippen MR) is 140 cm³/mol. The Hall–Kier alpha value is -4.42. The Morgan fingerprint density at radius 1 is 0.889 bits per heavy atom.